The smallest absolute Gasteiger partial charge is 0.346 e. The van der Waals surface area contributed by atoms with Gasteiger partial charge in [0.2, 0.25) is 5.28 Å². The fourth-order valence-corrected chi connectivity index (χ4v) is 9.65. The maximum Gasteiger partial charge on any atom is 0.346 e. The number of halogens is 5. The summed E-state index contributed by atoms with van der Waals surface area (Å²) in [6.45, 7) is 5.73. The van der Waals surface area contributed by atoms with Gasteiger partial charge in [-0.2, -0.15) is 19.9 Å². The van der Waals surface area contributed by atoms with E-state index >= 15 is 4.39 Å². The zero-order chi connectivity index (χ0) is 37.3. The molecule has 0 aliphatic carbocycles. The molecule has 3 aliphatic rings. The van der Waals surface area contributed by atoms with E-state index in [0.29, 0.717) is 38.3 Å². The first-order valence-corrected chi connectivity index (χ1v) is 18.7. The fourth-order valence-electron chi connectivity index (χ4n) is 8.28. The number of benzene rings is 2. The van der Waals surface area contributed by atoms with Gasteiger partial charge in [-0.05, 0) is 69.0 Å². The molecule has 12 nitrogen and oxygen atoms in total. The lowest BCUT2D eigenvalue weighted by molar-refractivity contribution is 0.107. The van der Waals surface area contributed by atoms with Gasteiger partial charge in [0.1, 0.15) is 47.3 Å². The molecule has 3 aromatic heterocycles. The third-order valence-corrected chi connectivity index (χ3v) is 12.1. The minimum absolute atomic E-state index is 0.0195. The summed E-state index contributed by atoms with van der Waals surface area (Å²) in [6.07, 6.45) is 2.79. The van der Waals surface area contributed by atoms with E-state index in [1.807, 2.05) is 24.8 Å². The second-order valence-electron chi connectivity index (χ2n) is 14.0. The van der Waals surface area contributed by atoms with Crippen LogP contribution in [-0.2, 0) is 0 Å². The normalized spacial score (nSPS) is 21.6. The Morgan fingerprint density at radius 2 is 2.06 bits per heavy atom. The number of alkyl halides is 1. The highest BCUT2D eigenvalue weighted by Crippen LogP contribution is 2.46. The van der Waals surface area contributed by atoms with Crippen LogP contribution in [0.4, 0.5) is 28.8 Å². The molecule has 18 heteroatoms. The standard InChI is InChI=1S/C35H33Cl2F3N10O2S/c1-17(2)50(34(51)49-16-43-32(37)46-49)19-6-9-47(14-19)31-21-10-23(36)26(20-4-5-24(39)29-25(20)22(12-41)30(42)53-29)27(40)28(21)44-33(45-31)52-15-35-7-3-8-48(35)13-18(38)11-35/h4-5,10,16-19H,3,6-9,11,13-15,42H2,1-2H3/t18-,19+,35+/m1/s1. The van der Waals surface area contributed by atoms with Gasteiger partial charge in [-0.3, -0.25) is 4.90 Å². The first-order valence-electron chi connectivity index (χ1n) is 17.2. The molecule has 0 radical (unpaired) electrons. The Morgan fingerprint density at radius 3 is 2.79 bits per heavy atom. The van der Waals surface area contributed by atoms with Gasteiger partial charge in [-0.15, -0.1) is 16.4 Å². The molecule has 3 atom stereocenters. The van der Waals surface area contributed by atoms with Gasteiger partial charge in [0, 0.05) is 48.4 Å². The number of aromatic nitrogens is 5. The minimum atomic E-state index is -0.979. The van der Waals surface area contributed by atoms with Crippen molar-refractivity contribution < 1.29 is 22.7 Å². The highest BCUT2D eigenvalue weighted by Gasteiger charge is 2.49. The van der Waals surface area contributed by atoms with Crippen LogP contribution in [0.3, 0.4) is 0 Å². The van der Waals surface area contributed by atoms with Crippen molar-refractivity contribution in [2.24, 2.45) is 0 Å². The molecule has 6 heterocycles. The number of anilines is 2. The number of fused-ring (bicyclic) bond motifs is 3. The van der Waals surface area contributed by atoms with Gasteiger partial charge in [0.15, 0.2) is 5.82 Å². The van der Waals surface area contributed by atoms with Crippen molar-refractivity contribution in [3.05, 3.63) is 52.0 Å². The van der Waals surface area contributed by atoms with Crippen LogP contribution in [0.25, 0.3) is 32.1 Å². The largest absolute Gasteiger partial charge is 0.461 e. The van der Waals surface area contributed by atoms with Crippen LogP contribution < -0.4 is 15.4 Å². The third kappa shape index (κ3) is 5.98. The summed E-state index contributed by atoms with van der Waals surface area (Å²) in [5.41, 5.74) is 5.56. The van der Waals surface area contributed by atoms with Crippen LogP contribution in [0.15, 0.2) is 24.5 Å². The molecular formula is C35H33Cl2F3N10O2S. The van der Waals surface area contributed by atoms with E-state index in [-0.39, 0.29) is 77.7 Å². The molecule has 2 aromatic carbocycles. The molecule has 0 unspecified atom stereocenters. The van der Waals surface area contributed by atoms with Gasteiger partial charge in [0.25, 0.3) is 0 Å². The van der Waals surface area contributed by atoms with E-state index in [1.54, 1.807) is 11.0 Å². The summed E-state index contributed by atoms with van der Waals surface area (Å²) < 4.78 is 54.2. The summed E-state index contributed by atoms with van der Waals surface area (Å²) in [4.78, 5) is 32.5. The van der Waals surface area contributed by atoms with Crippen molar-refractivity contribution in [3.63, 3.8) is 0 Å². The topological polar surface area (TPSA) is 142 Å². The molecule has 1 amide bonds. The zero-order valence-electron chi connectivity index (χ0n) is 28.6. The number of hydrogen-bond donors (Lipinski definition) is 1. The van der Waals surface area contributed by atoms with E-state index in [2.05, 4.69) is 20.0 Å². The molecule has 0 spiro atoms. The monoisotopic (exact) mass is 784 g/mol. The number of thiophene rings is 1. The zero-order valence-corrected chi connectivity index (χ0v) is 31.0. The SMILES string of the molecule is CC(C)N(C(=O)n1cnc(Cl)n1)[C@H]1CCN(c2nc(OC[C@@]34CCCN3C[C@H](F)C4)nc3c(F)c(-c4ccc(F)c5sc(N)c(C#N)c45)c(Cl)cc23)C1. The first-order chi connectivity index (χ1) is 25.4. The number of nitrogens with zero attached hydrogens (tertiary/aromatic N) is 9. The van der Waals surface area contributed by atoms with E-state index in [0.717, 1.165) is 35.4 Å². The number of carbonyl (C=O) groups excluding carboxylic acids is 1. The predicted molar refractivity (Wildman–Crippen MR) is 196 cm³/mol. The second-order valence-corrected chi connectivity index (χ2v) is 15.8. The van der Waals surface area contributed by atoms with Crippen molar-refractivity contribution in [1.29, 1.82) is 5.26 Å². The summed E-state index contributed by atoms with van der Waals surface area (Å²) in [7, 11) is 0. The molecule has 3 fully saturated rings. The van der Waals surface area contributed by atoms with Crippen LogP contribution in [-0.4, -0.2) is 97.1 Å². The van der Waals surface area contributed by atoms with Gasteiger partial charge in [-0.25, -0.2) is 22.9 Å². The molecule has 0 saturated carbocycles. The number of hydrogen-bond acceptors (Lipinski definition) is 11. The first kappa shape index (κ1) is 35.6. The summed E-state index contributed by atoms with van der Waals surface area (Å²) in [6, 6.07) is 5.08. The molecule has 3 saturated heterocycles. The van der Waals surface area contributed by atoms with Gasteiger partial charge < -0.3 is 20.3 Å². The Morgan fingerprint density at radius 1 is 1.25 bits per heavy atom. The second kappa shape index (κ2) is 13.5. The summed E-state index contributed by atoms with van der Waals surface area (Å²) >= 11 is 13.7. The molecule has 5 aromatic rings. The number of nitrogen functional groups attached to an aromatic ring is 1. The van der Waals surface area contributed by atoms with E-state index in [9.17, 15) is 18.8 Å². The van der Waals surface area contributed by atoms with Crippen molar-refractivity contribution in [2.45, 2.75) is 63.3 Å². The van der Waals surface area contributed by atoms with Crippen LogP contribution in [0.5, 0.6) is 6.01 Å². The van der Waals surface area contributed by atoms with Gasteiger partial charge in [0.05, 0.1) is 26.9 Å². The summed E-state index contributed by atoms with van der Waals surface area (Å²) in [5, 5.41) is 14.4. The Labute approximate surface area is 315 Å². The Kier molecular flexibility index (Phi) is 9.03. The number of nitrogens with two attached hydrogens (primary N) is 1. The lowest BCUT2D eigenvalue weighted by Gasteiger charge is -2.32. The highest BCUT2D eigenvalue weighted by molar-refractivity contribution is 7.23. The Hall–Kier alpha value is -4.43. The average molecular weight is 786 g/mol. The number of ether oxygens (including phenoxy) is 1. The molecule has 276 valence electrons. The maximum atomic E-state index is 17.2. The Balaban J connectivity index is 1.23. The van der Waals surface area contributed by atoms with Crippen LogP contribution >= 0.6 is 34.5 Å². The number of nitriles is 1. The summed E-state index contributed by atoms with van der Waals surface area (Å²) in [5.74, 6) is -1.10. The maximum absolute atomic E-state index is 17.2. The molecule has 0 bridgehead atoms. The minimum Gasteiger partial charge on any atom is -0.461 e. The fraction of sp³-hybridized carbons (Fsp3) is 0.429. The highest BCUT2D eigenvalue weighted by atomic mass is 35.5. The van der Waals surface area contributed by atoms with Crippen LogP contribution in [0, 0.1) is 23.0 Å². The molecule has 53 heavy (non-hydrogen) atoms. The van der Waals surface area contributed by atoms with Crippen molar-refractivity contribution in [1.82, 2.24) is 34.5 Å². The molecule has 2 N–H and O–H groups in total. The molecular weight excluding hydrogens is 752 g/mol. The van der Waals surface area contributed by atoms with E-state index < -0.39 is 29.4 Å². The number of rotatable bonds is 7. The number of amides is 1. The lowest BCUT2D eigenvalue weighted by atomic mass is 9.95. The quantitative estimate of drug-likeness (QED) is 0.182. The molecule has 8 rings (SSSR count). The molecule has 3 aliphatic heterocycles. The van der Waals surface area contributed by atoms with E-state index in [1.165, 1.54) is 18.5 Å². The number of carbonyl (C=O) groups is 1. The van der Waals surface area contributed by atoms with Crippen molar-refractivity contribution in [3.8, 4) is 23.2 Å². The van der Waals surface area contributed by atoms with Crippen LogP contribution in [0.1, 0.15) is 45.1 Å². The van der Waals surface area contributed by atoms with Gasteiger partial charge in [-0.1, -0.05) is 17.7 Å². The average Bonchev–Trinajstić information content (AvgIpc) is 3.94. The third-order valence-electron chi connectivity index (χ3n) is 10.6. The predicted octanol–water partition coefficient (Wildman–Crippen LogP) is 7.05. The Bertz CT molecular complexity index is 2330. The lowest BCUT2D eigenvalue weighted by Crippen LogP contribution is -2.48. The van der Waals surface area contributed by atoms with Crippen LogP contribution in [0.2, 0.25) is 10.3 Å². The van der Waals surface area contributed by atoms with Crippen molar-refractivity contribution >= 4 is 72.4 Å². The van der Waals surface area contributed by atoms with Gasteiger partial charge >= 0.3 is 12.0 Å². The van der Waals surface area contributed by atoms with E-state index in [4.69, 9.17) is 38.7 Å². The van der Waals surface area contributed by atoms with Crippen molar-refractivity contribution in [2.75, 3.05) is 43.4 Å².